The van der Waals surface area contributed by atoms with Gasteiger partial charge in [0.2, 0.25) is 6.79 Å². The zero-order valence-corrected chi connectivity index (χ0v) is 14.9. The van der Waals surface area contributed by atoms with Crippen molar-refractivity contribution in [2.45, 2.75) is 19.3 Å². The van der Waals surface area contributed by atoms with Crippen LogP contribution in [0.15, 0.2) is 40.7 Å². The molecule has 0 amide bonds. The van der Waals surface area contributed by atoms with E-state index in [9.17, 15) is 0 Å². The van der Waals surface area contributed by atoms with Crippen LogP contribution in [0.4, 0.5) is 0 Å². The fraction of sp³-hybridized carbons (Fsp3) is 0.389. The van der Waals surface area contributed by atoms with Crippen LogP contribution in [-0.2, 0) is 6.42 Å². The summed E-state index contributed by atoms with van der Waals surface area (Å²) in [6.07, 6.45) is 0.901. The van der Waals surface area contributed by atoms with Gasteiger partial charge < -0.3 is 20.1 Å². The number of nitrogens with one attached hydrogen (secondary N) is 2. The zero-order valence-electron chi connectivity index (χ0n) is 14.0. The number of benzene rings is 1. The van der Waals surface area contributed by atoms with Gasteiger partial charge in [0, 0.05) is 30.9 Å². The molecule has 0 radical (unpaired) electrons. The Labute approximate surface area is 146 Å². The van der Waals surface area contributed by atoms with Gasteiger partial charge in [-0.15, -0.1) is 11.3 Å². The first kappa shape index (κ1) is 16.6. The van der Waals surface area contributed by atoms with Crippen LogP contribution in [0, 0.1) is 0 Å². The lowest BCUT2D eigenvalue weighted by Crippen LogP contribution is -2.39. The van der Waals surface area contributed by atoms with Gasteiger partial charge in [-0.05, 0) is 35.6 Å². The Morgan fingerprint density at radius 1 is 1.25 bits per heavy atom. The Balaban J connectivity index is 1.43. The van der Waals surface area contributed by atoms with Crippen molar-refractivity contribution in [3.05, 3.63) is 46.2 Å². The summed E-state index contributed by atoms with van der Waals surface area (Å²) in [6, 6.07) is 10.3. The van der Waals surface area contributed by atoms with Gasteiger partial charge in [-0.1, -0.05) is 19.1 Å². The normalized spacial score (nSPS) is 14.5. The summed E-state index contributed by atoms with van der Waals surface area (Å²) in [6.45, 7) is 4.21. The molecule has 0 fully saturated rings. The van der Waals surface area contributed by atoms with E-state index >= 15 is 0 Å². The summed E-state index contributed by atoms with van der Waals surface area (Å²) in [5.41, 5.74) is 1.22. The Hall–Kier alpha value is -2.21. The van der Waals surface area contributed by atoms with Crippen molar-refractivity contribution in [2.24, 2.45) is 4.99 Å². The Kier molecular flexibility index (Phi) is 5.59. The van der Waals surface area contributed by atoms with Crippen LogP contribution in [0.1, 0.15) is 23.3 Å². The number of fused-ring (bicyclic) bond motifs is 1. The van der Waals surface area contributed by atoms with Crippen LogP contribution in [0.2, 0.25) is 0 Å². The number of hydrogen-bond acceptors (Lipinski definition) is 4. The molecule has 0 saturated heterocycles. The summed E-state index contributed by atoms with van der Waals surface area (Å²) in [5.74, 6) is 2.96. The Morgan fingerprint density at radius 2 is 2.12 bits per heavy atom. The Morgan fingerprint density at radius 3 is 2.92 bits per heavy atom. The summed E-state index contributed by atoms with van der Waals surface area (Å²) in [5, 5.41) is 8.86. The molecule has 1 aromatic carbocycles. The molecule has 24 heavy (non-hydrogen) atoms. The minimum absolute atomic E-state index is 0.315. The van der Waals surface area contributed by atoms with Gasteiger partial charge in [0.25, 0.3) is 0 Å². The lowest BCUT2D eigenvalue weighted by atomic mass is 10.1. The molecule has 5 nitrogen and oxygen atoms in total. The first-order valence-electron chi connectivity index (χ1n) is 8.12. The van der Waals surface area contributed by atoms with E-state index in [1.165, 1.54) is 10.4 Å². The topological polar surface area (TPSA) is 54.9 Å². The summed E-state index contributed by atoms with van der Waals surface area (Å²) < 4.78 is 10.7. The average molecular weight is 345 g/mol. The molecule has 0 spiro atoms. The number of rotatable bonds is 6. The fourth-order valence-corrected chi connectivity index (χ4v) is 3.35. The summed E-state index contributed by atoms with van der Waals surface area (Å²) in [7, 11) is 1.80. The van der Waals surface area contributed by atoms with Crippen molar-refractivity contribution in [1.29, 1.82) is 0 Å². The van der Waals surface area contributed by atoms with Crippen LogP contribution in [0.5, 0.6) is 11.5 Å². The summed E-state index contributed by atoms with van der Waals surface area (Å²) >= 11 is 1.79. The maximum atomic E-state index is 5.41. The van der Waals surface area contributed by atoms with Crippen LogP contribution in [-0.4, -0.2) is 32.9 Å². The minimum atomic E-state index is 0.315. The SMILES string of the molecule is CN=C(NCCc1ccc2c(c1)OCO2)NCC(C)c1cccs1. The molecule has 2 aromatic rings. The molecule has 0 aliphatic carbocycles. The van der Waals surface area contributed by atoms with Gasteiger partial charge >= 0.3 is 0 Å². The van der Waals surface area contributed by atoms with E-state index in [-0.39, 0.29) is 0 Å². The van der Waals surface area contributed by atoms with Gasteiger partial charge in [-0.2, -0.15) is 0 Å². The second kappa shape index (κ2) is 8.06. The first-order valence-corrected chi connectivity index (χ1v) is 9.00. The van der Waals surface area contributed by atoms with E-state index in [2.05, 4.69) is 46.1 Å². The molecule has 1 aliphatic heterocycles. The molecule has 1 aromatic heterocycles. The van der Waals surface area contributed by atoms with Crippen molar-refractivity contribution in [3.8, 4) is 11.5 Å². The zero-order chi connectivity index (χ0) is 16.8. The maximum Gasteiger partial charge on any atom is 0.231 e. The number of nitrogens with zero attached hydrogens (tertiary/aromatic N) is 1. The molecule has 1 atom stereocenters. The van der Waals surface area contributed by atoms with Gasteiger partial charge in [-0.3, -0.25) is 4.99 Å². The van der Waals surface area contributed by atoms with E-state index < -0.39 is 0 Å². The molecule has 0 saturated carbocycles. The predicted octanol–water partition coefficient (Wildman–Crippen LogP) is 2.99. The lowest BCUT2D eigenvalue weighted by molar-refractivity contribution is 0.174. The van der Waals surface area contributed by atoms with Crippen LogP contribution >= 0.6 is 11.3 Å². The third-order valence-corrected chi connectivity index (χ3v) is 5.08. The predicted molar refractivity (Wildman–Crippen MR) is 98.4 cm³/mol. The van der Waals surface area contributed by atoms with Crippen molar-refractivity contribution in [2.75, 3.05) is 26.9 Å². The minimum Gasteiger partial charge on any atom is -0.454 e. The number of guanidine groups is 1. The van der Waals surface area contributed by atoms with Crippen molar-refractivity contribution >= 4 is 17.3 Å². The van der Waals surface area contributed by atoms with Gasteiger partial charge in [-0.25, -0.2) is 0 Å². The molecular formula is C18H23N3O2S. The van der Waals surface area contributed by atoms with Crippen LogP contribution < -0.4 is 20.1 Å². The molecular weight excluding hydrogens is 322 g/mol. The largest absolute Gasteiger partial charge is 0.454 e. The van der Waals surface area contributed by atoms with E-state index in [1.807, 2.05) is 12.1 Å². The van der Waals surface area contributed by atoms with Gasteiger partial charge in [0.15, 0.2) is 17.5 Å². The maximum absolute atomic E-state index is 5.41. The molecule has 6 heteroatoms. The number of ether oxygens (including phenoxy) is 2. The van der Waals surface area contributed by atoms with E-state index in [0.717, 1.165) is 37.0 Å². The second-order valence-corrected chi connectivity index (χ2v) is 6.71. The number of thiophene rings is 1. The monoisotopic (exact) mass is 345 g/mol. The molecule has 128 valence electrons. The highest BCUT2D eigenvalue weighted by molar-refractivity contribution is 7.10. The highest BCUT2D eigenvalue weighted by Gasteiger charge is 2.13. The van der Waals surface area contributed by atoms with E-state index in [1.54, 1.807) is 18.4 Å². The molecule has 1 unspecified atom stereocenters. The molecule has 0 bridgehead atoms. The van der Waals surface area contributed by atoms with Crippen LogP contribution in [0.25, 0.3) is 0 Å². The van der Waals surface area contributed by atoms with Crippen molar-refractivity contribution in [1.82, 2.24) is 10.6 Å². The molecule has 3 rings (SSSR count). The molecule has 2 N–H and O–H groups in total. The fourth-order valence-electron chi connectivity index (χ4n) is 2.56. The molecule has 1 aliphatic rings. The quantitative estimate of drug-likeness (QED) is 0.624. The lowest BCUT2D eigenvalue weighted by Gasteiger charge is -2.15. The van der Waals surface area contributed by atoms with Crippen molar-refractivity contribution in [3.63, 3.8) is 0 Å². The van der Waals surface area contributed by atoms with E-state index in [0.29, 0.717) is 12.7 Å². The van der Waals surface area contributed by atoms with Gasteiger partial charge in [0.05, 0.1) is 0 Å². The average Bonchev–Trinajstić information content (AvgIpc) is 3.28. The first-order chi connectivity index (χ1) is 11.8. The van der Waals surface area contributed by atoms with Gasteiger partial charge in [0.1, 0.15) is 0 Å². The Bertz CT molecular complexity index is 686. The third kappa shape index (κ3) is 4.20. The number of aliphatic imine (C=N–C) groups is 1. The second-order valence-electron chi connectivity index (χ2n) is 5.73. The third-order valence-electron chi connectivity index (χ3n) is 3.97. The number of hydrogen-bond donors (Lipinski definition) is 2. The smallest absolute Gasteiger partial charge is 0.231 e. The van der Waals surface area contributed by atoms with E-state index in [4.69, 9.17) is 9.47 Å². The van der Waals surface area contributed by atoms with Crippen molar-refractivity contribution < 1.29 is 9.47 Å². The molecule has 2 heterocycles. The standard InChI is InChI=1S/C18H23N3O2S/c1-13(17-4-3-9-24-17)11-21-18(19-2)20-8-7-14-5-6-15-16(10-14)23-12-22-15/h3-6,9-10,13H,7-8,11-12H2,1-2H3,(H2,19,20,21). The summed E-state index contributed by atoms with van der Waals surface area (Å²) in [4.78, 5) is 5.67. The highest BCUT2D eigenvalue weighted by Crippen LogP contribution is 2.32. The van der Waals surface area contributed by atoms with Crippen LogP contribution in [0.3, 0.4) is 0 Å². The highest BCUT2D eigenvalue weighted by atomic mass is 32.1.